The van der Waals surface area contributed by atoms with Crippen molar-refractivity contribution in [1.29, 1.82) is 0 Å². The van der Waals surface area contributed by atoms with E-state index in [-0.39, 0.29) is 0 Å². The van der Waals surface area contributed by atoms with Gasteiger partial charge < -0.3 is 10.4 Å². The molecule has 0 aliphatic carbocycles. The quantitative estimate of drug-likeness (QED) is 0.868. The first-order valence-corrected chi connectivity index (χ1v) is 6.68. The predicted molar refractivity (Wildman–Crippen MR) is 81.0 cm³/mol. The Morgan fingerprint density at radius 2 is 1.70 bits per heavy atom. The number of rotatable bonds is 5. The monoisotopic (exact) mass is 269 g/mol. The Morgan fingerprint density at radius 3 is 2.25 bits per heavy atom. The summed E-state index contributed by atoms with van der Waals surface area (Å²) in [6.45, 7) is 4.48. The molecular formula is C17H19NO2. The molecule has 2 aromatic rings. The van der Waals surface area contributed by atoms with Crippen molar-refractivity contribution < 1.29 is 9.90 Å². The number of anilines is 1. The number of nitrogens with one attached hydrogen (secondary N) is 1. The van der Waals surface area contributed by atoms with Crippen molar-refractivity contribution in [3.63, 3.8) is 0 Å². The normalized spacial score (nSPS) is 11.9. The summed E-state index contributed by atoms with van der Waals surface area (Å²) in [7, 11) is 0. The molecule has 2 aromatic carbocycles. The lowest BCUT2D eigenvalue weighted by Gasteiger charge is -2.09. The van der Waals surface area contributed by atoms with E-state index in [1.807, 2.05) is 24.3 Å². The molecule has 0 aliphatic rings. The van der Waals surface area contributed by atoms with Gasteiger partial charge in [-0.15, -0.1) is 0 Å². The van der Waals surface area contributed by atoms with E-state index in [2.05, 4.69) is 36.5 Å². The zero-order valence-corrected chi connectivity index (χ0v) is 11.8. The maximum Gasteiger partial charge on any atom is 0.310 e. The number of carbonyl (C=O) groups is 1. The van der Waals surface area contributed by atoms with Gasteiger partial charge in [-0.05, 0) is 37.1 Å². The molecule has 0 aromatic heterocycles. The Kier molecular flexibility index (Phi) is 4.41. The molecule has 2 rings (SSSR count). The Balaban J connectivity index is 1.97. The van der Waals surface area contributed by atoms with Crippen LogP contribution in [-0.4, -0.2) is 11.1 Å². The number of aliphatic carboxylic acids is 1. The molecule has 104 valence electrons. The SMILES string of the molecule is Cc1ccc(NCc2ccc(C(C)C(=O)O)cc2)cc1. The van der Waals surface area contributed by atoms with Gasteiger partial charge in [-0.3, -0.25) is 4.79 Å². The minimum absolute atomic E-state index is 0.464. The van der Waals surface area contributed by atoms with Gasteiger partial charge in [0.2, 0.25) is 0 Å². The highest BCUT2D eigenvalue weighted by Gasteiger charge is 2.12. The lowest BCUT2D eigenvalue weighted by Crippen LogP contribution is -2.07. The van der Waals surface area contributed by atoms with Crippen molar-refractivity contribution in [1.82, 2.24) is 0 Å². The summed E-state index contributed by atoms with van der Waals surface area (Å²) in [4.78, 5) is 10.9. The molecule has 1 unspecified atom stereocenters. The van der Waals surface area contributed by atoms with Gasteiger partial charge in [-0.25, -0.2) is 0 Å². The molecule has 3 heteroatoms. The molecule has 0 spiro atoms. The number of carboxylic acids is 1. The van der Waals surface area contributed by atoms with Crippen LogP contribution in [0.1, 0.15) is 29.5 Å². The van der Waals surface area contributed by atoms with Gasteiger partial charge in [0.25, 0.3) is 0 Å². The van der Waals surface area contributed by atoms with E-state index in [1.165, 1.54) is 5.56 Å². The molecule has 0 aliphatic heterocycles. The van der Waals surface area contributed by atoms with Gasteiger partial charge in [0.05, 0.1) is 5.92 Å². The van der Waals surface area contributed by atoms with Crippen LogP contribution in [0.2, 0.25) is 0 Å². The Bertz CT molecular complexity index is 573. The van der Waals surface area contributed by atoms with Crippen LogP contribution in [0.15, 0.2) is 48.5 Å². The van der Waals surface area contributed by atoms with Crippen LogP contribution < -0.4 is 5.32 Å². The van der Waals surface area contributed by atoms with E-state index >= 15 is 0 Å². The summed E-state index contributed by atoms with van der Waals surface area (Å²) in [5, 5.41) is 12.3. The van der Waals surface area contributed by atoms with Gasteiger partial charge in [0.1, 0.15) is 0 Å². The van der Waals surface area contributed by atoms with Gasteiger partial charge in [0.15, 0.2) is 0 Å². The van der Waals surface area contributed by atoms with Crippen LogP contribution in [0.5, 0.6) is 0 Å². The summed E-state index contributed by atoms with van der Waals surface area (Å²) in [6.07, 6.45) is 0. The topological polar surface area (TPSA) is 49.3 Å². The van der Waals surface area contributed by atoms with Gasteiger partial charge >= 0.3 is 5.97 Å². The fourth-order valence-corrected chi connectivity index (χ4v) is 1.94. The van der Waals surface area contributed by atoms with Crippen LogP contribution in [0, 0.1) is 6.92 Å². The molecule has 0 saturated heterocycles. The van der Waals surface area contributed by atoms with E-state index in [1.54, 1.807) is 6.92 Å². The van der Waals surface area contributed by atoms with Crippen molar-refractivity contribution in [2.45, 2.75) is 26.3 Å². The molecular weight excluding hydrogens is 250 g/mol. The maximum absolute atomic E-state index is 10.9. The number of hydrogen-bond donors (Lipinski definition) is 2. The highest BCUT2D eigenvalue weighted by molar-refractivity contribution is 5.75. The molecule has 0 fully saturated rings. The summed E-state index contributed by atoms with van der Waals surface area (Å²) >= 11 is 0. The second kappa shape index (κ2) is 6.24. The second-order valence-electron chi connectivity index (χ2n) is 5.02. The van der Waals surface area contributed by atoms with Crippen molar-refractivity contribution in [3.05, 3.63) is 65.2 Å². The molecule has 0 bridgehead atoms. The predicted octanol–water partition coefficient (Wildman–Crippen LogP) is 3.80. The zero-order chi connectivity index (χ0) is 14.5. The van der Waals surface area contributed by atoms with Crippen LogP contribution in [-0.2, 0) is 11.3 Å². The summed E-state index contributed by atoms with van der Waals surface area (Å²) in [5.74, 6) is -1.26. The van der Waals surface area contributed by atoms with E-state index in [0.29, 0.717) is 0 Å². The molecule has 0 amide bonds. The molecule has 1 atom stereocenters. The molecule has 0 saturated carbocycles. The third-order valence-corrected chi connectivity index (χ3v) is 3.40. The fraction of sp³-hybridized carbons (Fsp3) is 0.235. The molecule has 20 heavy (non-hydrogen) atoms. The van der Waals surface area contributed by atoms with Crippen LogP contribution >= 0.6 is 0 Å². The number of hydrogen-bond acceptors (Lipinski definition) is 2. The highest BCUT2D eigenvalue weighted by Crippen LogP contribution is 2.17. The average molecular weight is 269 g/mol. The van der Waals surface area contributed by atoms with Gasteiger partial charge in [-0.1, -0.05) is 42.0 Å². The van der Waals surface area contributed by atoms with Crippen molar-refractivity contribution >= 4 is 11.7 Å². The number of aryl methyl sites for hydroxylation is 1. The van der Waals surface area contributed by atoms with E-state index in [9.17, 15) is 4.79 Å². The van der Waals surface area contributed by atoms with E-state index in [4.69, 9.17) is 5.11 Å². The zero-order valence-electron chi connectivity index (χ0n) is 11.8. The van der Waals surface area contributed by atoms with E-state index < -0.39 is 11.9 Å². The first kappa shape index (κ1) is 14.1. The summed E-state index contributed by atoms with van der Waals surface area (Å²) in [6, 6.07) is 15.9. The number of benzene rings is 2. The van der Waals surface area contributed by atoms with Crippen molar-refractivity contribution in [2.75, 3.05) is 5.32 Å². The summed E-state index contributed by atoms with van der Waals surface area (Å²) < 4.78 is 0. The third kappa shape index (κ3) is 3.60. The molecule has 0 heterocycles. The van der Waals surface area contributed by atoms with Gasteiger partial charge in [-0.2, -0.15) is 0 Å². The van der Waals surface area contributed by atoms with Crippen LogP contribution in [0.3, 0.4) is 0 Å². The average Bonchev–Trinajstić information content (AvgIpc) is 2.46. The standard InChI is InChI=1S/C17H19NO2/c1-12-3-9-16(10-4-12)18-11-14-5-7-15(8-6-14)13(2)17(19)20/h3-10,13,18H,11H2,1-2H3,(H,19,20). The first-order chi connectivity index (χ1) is 9.56. The largest absolute Gasteiger partial charge is 0.481 e. The van der Waals surface area contributed by atoms with Gasteiger partial charge in [0, 0.05) is 12.2 Å². The minimum Gasteiger partial charge on any atom is -0.481 e. The molecule has 2 N–H and O–H groups in total. The lowest BCUT2D eigenvalue weighted by molar-refractivity contribution is -0.138. The minimum atomic E-state index is -0.796. The molecule has 0 radical (unpaired) electrons. The fourth-order valence-electron chi connectivity index (χ4n) is 1.94. The Morgan fingerprint density at radius 1 is 1.10 bits per heavy atom. The lowest BCUT2D eigenvalue weighted by atomic mass is 10.00. The van der Waals surface area contributed by atoms with Crippen molar-refractivity contribution in [3.8, 4) is 0 Å². The van der Waals surface area contributed by atoms with Crippen LogP contribution in [0.25, 0.3) is 0 Å². The first-order valence-electron chi connectivity index (χ1n) is 6.68. The Hall–Kier alpha value is -2.29. The highest BCUT2D eigenvalue weighted by atomic mass is 16.4. The van der Waals surface area contributed by atoms with E-state index in [0.717, 1.165) is 23.4 Å². The number of carboxylic acid groups (broad SMARTS) is 1. The van der Waals surface area contributed by atoms with Crippen molar-refractivity contribution in [2.24, 2.45) is 0 Å². The maximum atomic E-state index is 10.9. The smallest absolute Gasteiger partial charge is 0.310 e. The summed E-state index contributed by atoms with van der Waals surface area (Å²) in [5.41, 5.74) is 4.28. The molecule has 3 nitrogen and oxygen atoms in total. The second-order valence-corrected chi connectivity index (χ2v) is 5.02. The van der Waals surface area contributed by atoms with Crippen LogP contribution in [0.4, 0.5) is 5.69 Å². The Labute approximate surface area is 119 Å². The third-order valence-electron chi connectivity index (χ3n) is 3.40.